The Morgan fingerprint density at radius 2 is 1.93 bits per heavy atom. The number of nitrogens with zero attached hydrogens (tertiary/aromatic N) is 7. The first-order chi connectivity index (χ1) is 20.2. The van der Waals surface area contributed by atoms with Crippen molar-refractivity contribution in [1.82, 2.24) is 29.9 Å². The largest absolute Gasteiger partial charge is 0.493 e. The Hall–Kier alpha value is -4.37. The van der Waals surface area contributed by atoms with Crippen LogP contribution in [0.5, 0.6) is 11.5 Å². The van der Waals surface area contributed by atoms with Gasteiger partial charge in [0, 0.05) is 79.6 Å². The summed E-state index contributed by atoms with van der Waals surface area (Å²) in [6.07, 6.45) is 6.72. The smallest absolute Gasteiger partial charge is 0.162 e. The van der Waals surface area contributed by atoms with E-state index < -0.39 is 11.6 Å². The Balaban J connectivity index is 1.28. The number of rotatable bonds is 8. The average Bonchev–Trinajstić information content (AvgIpc) is 3.55. The number of H-pyrrole nitrogens is 1. The number of methoxy groups -OCH3 is 1. The highest BCUT2D eigenvalue weighted by atomic mass is 35.5. The number of hydrogen-bond donors (Lipinski definition) is 2. The number of ether oxygens (including phenoxy) is 2. The fourth-order valence-electron chi connectivity index (χ4n) is 5.39. The lowest BCUT2D eigenvalue weighted by atomic mass is 9.85. The number of hydrogen-bond acceptors (Lipinski definition) is 9. The third kappa shape index (κ3) is 4.98. The van der Waals surface area contributed by atoms with Gasteiger partial charge in [-0.05, 0) is 25.1 Å². The minimum absolute atomic E-state index is 0.403. The summed E-state index contributed by atoms with van der Waals surface area (Å²) in [7, 11) is 3.46. The van der Waals surface area contributed by atoms with E-state index in [0.29, 0.717) is 69.3 Å². The van der Waals surface area contributed by atoms with Gasteiger partial charge in [-0.15, -0.1) is 0 Å². The molecule has 42 heavy (non-hydrogen) atoms. The van der Waals surface area contributed by atoms with Crippen molar-refractivity contribution in [3.05, 3.63) is 75.9 Å². The fourth-order valence-corrected chi connectivity index (χ4v) is 6.06. The van der Waals surface area contributed by atoms with Crippen molar-refractivity contribution >= 4 is 39.9 Å². The molecule has 0 bridgehead atoms. The van der Waals surface area contributed by atoms with Crippen molar-refractivity contribution in [2.45, 2.75) is 25.0 Å². The molecule has 214 valence electrons. The molecule has 0 saturated carbocycles. The van der Waals surface area contributed by atoms with Crippen LogP contribution in [0.25, 0.3) is 22.2 Å². The highest BCUT2D eigenvalue weighted by Gasteiger charge is 2.41. The van der Waals surface area contributed by atoms with Gasteiger partial charge in [-0.2, -0.15) is 15.5 Å². The molecule has 1 saturated heterocycles. The van der Waals surface area contributed by atoms with E-state index in [2.05, 4.69) is 31.3 Å². The van der Waals surface area contributed by atoms with Gasteiger partial charge in [0.2, 0.25) is 0 Å². The molecule has 1 fully saturated rings. The van der Waals surface area contributed by atoms with E-state index in [1.165, 1.54) is 12.4 Å². The summed E-state index contributed by atoms with van der Waals surface area (Å²) in [6.45, 7) is 3.00. The number of aromatic nitrogens is 6. The second-order valence-electron chi connectivity index (χ2n) is 10.4. The summed E-state index contributed by atoms with van der Waals surface area (Å²) >= 11 is 12.7. The number of benzene rings is 1. The number of pyridine rings is 2. The zero-order valence-electron chi connectivity index (χ0n) is 23.1. The van der Waals surface area contributed by atoms with Gasteiger partial charge < -0.3 is 20.1 Å². The van der Waals surface area contributed by atoms with Gasteiger partial charge in [-0.1, -0.05) is 23.2 Å². The number of nitrogens with one attached hydrogen (secondary N) is 1. The molecule has 0 radical (unpaired) electrons. The Bertz CT molecular complexity index is 1820. The maximum atomic E-state index is 10.0. The molecule has 4 aromatic heterocycles. The van der Waals surface area contributed by atoms with E-state index in [0.717, 1.165) is 16.6 Å². The zero-order valence-corrected chi connectivity index (χ0v) is 24.6. The second kappa shape index (κ2) is 10.8. The molecule has 5 heterocycles. The van der Waals surface area contributed by atoms with Crippen LogP contribution in [0.1, 0.15) is 29.8 Å². The molecule has 6 rings (SSSR count). The van der Waals surface area contributed by atoms with Crippen LogP contribution in [0.3, 0.4) is 0 Å². The van der Waals surface area contributed by atoms with Crippen molar-refractivity contribution in [2.75, 3.05) is 25.1 Å². The number of fused-ring (bicyclic) bond motifs is 1. The standard InChI is InChI=1S/C29H27Cl2N9O2/c1-16(26-21(30)12-34-13-22(26)31)42-25-7-20-23(8-24(25)41-3)37-38-27(20)18-6-17(10-32)28(35-11-18)40-14-29(33,15-40)9-19-4-5-36-39(19)2/h4-8,11-13,16H,9,14-15,33H2,1-3H3,(H,37,38)/t16-/m1/s1. The van der Waals surface area contributed by atoms with Crippen molar-refractivity contribution in [1.29, 1.82) is 5.26 Å². The fraction of sp³-hybridized carbons (Fsp3) is 0.276. The average molecular weight is 605 g/mol. The lowest BCUT2D eigenvalue weighted by Gasteiger charge is -2.48. The van der Waals surface area contributed by atoms with Crippen molar-refractivity contribution in [3.8, 4) is 28.8 Å². The molecule has 1 atom stereocenters. The Labute approximate surface area is 251 Å². The van der Waals surface area contributed by atoms with Gasteiger partial charge in [-0.25, -0.2) is 4.98 Å². The van der Waals surface area contributed by atoms with Crippen LogP contribution < -0.4 is 20.1 Å². The summed E-state index contributed by atoms with van der Waals surface area (Å²) < 4.78 is 13.7. The first-order valence-corrected chi connectivity index (χ1v) is 13.9. The van der Waals surface area contributed by atoms with Gasteiger partial charge >= 0.3 is 0 Å². The van der Waals surface area contributed by atoms with E-state index in [-0.39, 0.29) is 0 Å². The molecule has 1 aliphatic rings. The van der Waals surface area contributed by atoms with Crippen LogP contribution in [0.15, 0.2) is 49.1 Å². The summed E-state index contributed by atoms with van der Waals surface area (Å²) in [5, 5.41) is 23.4. The molecule has 1 aliphatic heterocycles. The second-order valence-corrected chi connectivity index (χ2v) is 11.3. The van der Waals surface area contributed by atoms with E-state index in [1.807, 2.05) is 35.7 Å². The Morgan fingerprint density at radius 3 is 2.60 bits per heavy atom. The van der Waals surface area contributed by atoms with Gasteiger partial charge in [0.1, 0.15) is 23.7 Å². The van der Waals surface area contributed by atoms with Crippen molar-refractivity contribution in [3.63, 3.8) is 0 Å². The Morgan fingerprint density at radius 1 is 1.17 bits per heavy atom. The van der Waals surface area contributed by atoms with Crippen LogP contribution in [-0.2, 0) is 13.5 Å². The number of aryl methyl sites for hydroxylation is 1. The van der Waals surface area contributed by atoms with Crippen LogP contribution in [0.4, 0.5) is 5.82 Å². The summed E-state index contributed by atoms with van der Waals surface area (Å²) in [6, 6.07) is 9.69. The molecule has 13 heteroatoms. The summed E-state index contributed by atoms with van der Waals surface area (Å²) in [4.78, 5) is 10.7. The maximum Gasteiger partial charge on any atom is 0.162 e. The highest BCUT2D eigenvalue weighted by molar-refractivity contribution is 6.35. The number of anilines is 1. The number of halogens is 2. The zero-order chi connectivity index (χ0) is 29.6. The van der Waals surface area contributed by atoms with E-state index in [1.54, 1.807) is 31.6 Å². The predicted octanol–water partition coefficient (Wildman–Crippen LogP) is 4.84. The van der Waals surface area contributed by atoms with Crippen LogP contribution in [-0.4, -0.2) is 55.7 Å². The third-order valence-electron chi connectivity index (χ3n) is 7.47. The van der Waals surface area contributed by atoms with Gasteiger partial charge in [-0.3, -0.25) is 14.8 Å². The van der Waals surface area contributed by atoms with Gasteiger partial charge in [0.15, 0.2) is 11.5 Å². The molecular weight excluding hydrogens is 577 g/mol. The summed E-state index contributed by atoms with van der Waals surface area (Å²) in [5.74, 6) is 1.58. The van der Waals surface area contributed by atoms with E-state index in [9.17, 15) is 5.26 Å². The first kappa shape index (κ1) is 27.8. The van der Waals surface area contributed by atoms with Crippen LogP contribution >= 0.6 is 23.2 Å². The lowest BCUT2D eigenvalue weighted by Crippen LogP contribution is -2.69. The number of aromatic amines is 1. The van der Waals surface area contributed by atoms with Crippen molar-refractivity contribution in [2.24, 2.45) is 12.8 Å². The topological polar surface area (TPSA) is 144 Å². The van der Waals surface area contributed by atoms with Crippen LogP contribution in [0.2, 0.25) is 10.0 Å². The molecule has 11 nitrogen and oxygen atoms in total. The van der Waals surface area contributed by atoms with E-state index >= 15 is 0 Å². The number of nitrogens with two attached hydrogens (primary N) is 1. The SMILES string of the molecule is COc1cc2[nH]nc(-c3cnc(N4CC(N)(Cc5ccnn5C)C4)c(C#N)c3)c2cc1O[C@H](C)c1c(Cl)cncc1Cl. The molecule has 5 aromatic rings. The maximum absolute atomic E-state index is 10.0. The van der Waals surface area contributed by atoms with Crippen LogP contribution in [0, 0.1) is 11.3 Å². The van der Waals surface area contributed by atoms with E-state index in [4.69, 9.17) is 38.4 Å². The molecule has 1 aromatic carbocycles. The predicted molar refractivity (Wildman–Crippen MR) is 160 cm³/mol. The first-order valence-electron chi connectivity index (χ1n) is 13.1. The lowest BCUT2D eigenvalue weighted by molar-refractivity contribution is 0.216. The van der Waals surface area contributed by atoms with Gasteiger partial charge in [0.25, 0.3) is 0 Å². The van der Waals surface area contributed by atoms with Gasteiger partial charge in [0.05, 0.1) is 33.8 Å². The monoisotopic (exact) mass is 603 g/mol. The molecular formula is C29H27Cl2N9O2. The molecule has 0 spiro atoms. The molecule has 0 unspecified atom stereocenters. The molecule has 3 N–H and O–H groups in total. The highest BCUT2D eigenvalue weighted by Crippen LogP contribution is 2.40. The Kier molecular flexibility index (Phi) is 7.14. The third-order valence-corrected chi connectivity index (χ3v) is 8.08. The molecule has 0 aliphatic carbocycles. The minimum Gasteiger partial charge on any atom is -0.493 e. The quantitative estimate of drug-likeness (QED) is 0.254. The molecule has 0 amide bonds. The number of nitriles is 1. The van der Waals surface area contributed by atoms with Crippen molar-refractivity contribution < 1.29 is 9.47 Å². The minimum atomic E-state index is -0.495. The normalized spacial score (nSPS) is 14.8. The summed E-state index contributed by atoms with van der Waals surface area (Å²) in [5.41, 5.74) is 10.4.